The molecule has 0 aliphatic carbocycles. The summed E-state index contributed by atoms with van der Waals surface area (Å²) in [4.78, 5) is 1.29. The first-order chi connectivity index (χ1) is 11.6. The fourth-order valence-corrected chi connectivity index (χ4v) is 4.99. The van der Waals surface area contributed by atoms with E-state index < -0.39 is 10.0 Å². The summed E-state index contributed by atoms with van der Waals surface area (Å²) in [6, 6.07) is 10.4. The summed E-state index contributed by atoms with van der Waals surface area (Å²) in [6.07, 6.45) is 1.86. The Kier molecular flexibility index (Phi) is 5.55. The molecule has 1 aliphatic rings. The second-order valence-electron chi connectivity index (χ2n) is 5.69. The van der Waals surface area contributed by atoms with Crippen LogP contribution in [-0.4, -0.2) is 39.1 Å². The Hall–Kier alpha value is -1.41. The maximum absolute atomic E-state index is 13.1. The third kappa shape index (κ3) is 3.97. The molecule has 2 heterocycles. The average molecular weight is 367 g/mol. The Labute approximate surface area is 146 Å². The molecule has 1 saturated heterocycles. The number of thiophene rings is 1. The van der Waals surface area contributed by atoms with Crippen LogP contribution in [0.15, 0.2) is 46.7 Å². The molecule has 0 spiro atoms. The molecule has 1 fully saturated rings. The van der Waals surface area contributed by atoms with Gasteiger partial charge in [0.1, 0.15) is 5.75 Å². The van der Waals surface area contributed by atoms with Crippen molar-refractivity contribution < 1.29 is 17.9 Å². The molecule has 0 N–H and O–H groups in total. The molecular weight excluding hydrogens is 346 g/mol. The lowest BCUT2D eigenvalue weighted by Crippen LogP contribution is -2.36. The monoisotopic (exact) mass is 367 g/mol. The van der Waals surface area contributed by atoms with Gasteiger partial charge in [-0.1, -0.05) is 6.07 Å². The second-order valence-corrected chi connectivity index (χ2v) is 8.66. The van der Waals surface area contributed by atoms with Crippen molar-refractivity contribution in [1.29, 1.82) is 0 Å². The van der Waals surface area contributed by atoms with E-state index in [-0.39, 0.29) is 11.0 Å². The van der Waals surface area contributed by atoms with E-state index in [0.717, 1.165) is 17.7 Å². The van der Waals surface area contributed by atoms with Gasteiger partial charge in [-0.15, -0.1) is 11.3 Å². The van der Waals surface area contributed by atoms with E-state index in [1.807, 2.05) is 17.5 Å². The third-order valence-corrected chi connectivity index (χ3v) is 6.73. The minimum absolute atomic E-state index is 0.0296. The zero-order valence-corrected chi connectivity index (χ0v) is 15.2. The molecule has 1 aliphatic heterocycles. The number of rotatable bonds is 7. The van der Waals surface area contributed by atoms with Crippen LogP contribution in [0.2, 0.25) is 0 Å². The molecule has 24 heavy (non-hydrogen) atoms. The van der Waals surface area contributed by atoms with Crippen molar-refractivity contribution in [2.75, 3.05) is 20.3 Å². The molecule has 130 valence electrons. The summed E-state index contributed by atoms with van der Waals surface area (Å²) in [7, 11) is -2.03. The summed E-state index contributed by atoms with van der Waals surface area (Å²) < 4.78 is 38.4. The summed E-state index contributed by atoms with van der Waals surface area (Å²) in [6.45, 7) is 1.46. The Morgan fingerprint density at radius 2 is 2.08 bits per heavy atom. The lowest BCUT2D eigenvalue weighted by molar-refractivity contribution is 0.0927. The first-order valence-electron chi connectivity index (χ1n) is 7.88. The predicted octanol–water partition coefficient (Wildman–Crippen LogP) is 3.13. The molecule has 1 atom stereocenters. The van der Waals surface area contributed by atoms with Crippen LogP contribution in [0.1, 0.15) is 17.7 Å². The molecule has 7 heteroatoms. The maximum Gasteiger partial charge on any atom is 0.243 e. The van der Waals surface area contributed by atoms with Crippen molar-refractivity contribution in [2.45, 2.75) is 30.4 Å². The fraction of sp³-hybridized carbons (Fsp3) is 0.412. The molecule has 1 aromatic heterocycles. The summed E-state index contributed by atoms with van der Waals surface area (Å²) in [5, 5.41) is 1.96. The van der Waals surface area contributed by atoms with Crippen LogP contribution in [0, 0.1) is 0 Å². The van der Waals surface area contributed by atoms with Gasteiger partial charge in [0, 0.05) is 24.6 Å². The van der Waals surface area contributed by atoms with Gasteiger partial charge >= 0.3 is 0 Å². The predicted molar refractivity (Wildman–Crippen MR) is 93.9 cm³/mol. The van der Waals surface area contributed by atoms with Crippen molar-refractivity contribution in [1.82, 2.24) is 4.31 Å². The molecule has 0 saturated carbocycles. The highest BCUT2D eigenvalue weighted by Crippen LogP contribution is 2.25. The lowest BCUT2D eigenvalue weighted by Gasteiger charge is -2.24. The molecule has 2 aromatic rings. The molecule has 0 unspecified atom stereocenters. The van der Waals surface area contributed by atoms with Gasteiger partial charge in [-0.3, -0.25) is 0 Å². The highest BCUT2D eigenvalue weighted by molar-refractivity contribution is 7.89. The second kappa shape index (κ2) is 7.65. The van der Waals surface area contributed by atoms with E-state index in [9.17, 15) is 8.42 Å². The van der Waals surface area contributed by atoms with Crippen LogP contribution in [0.4, 0.5) is 0 Å². The number of nitrogens with zero attached hydrogens (tertiary/aromatic N) is 1. The van der Waals surface area contributed by atoms with Crippen LogP contribution in [-0.2, 0) is 21.3 Å². The van der Waals surface area contributed by atoms with Gasteiger partial charge < -0.3 is 9.47 Å². The zero-order chi connectivity index (χ0) is 17.0. The highest BCUT2D eigenvalue weighted by Gasteiger charge is 2.29. The number of hydrogen-bond acceptors (Lipinski definition) is 5. The number of sulfonamides is 1. The maximum atomic E-state index is 13.1. The number of benzene rings is 1. The van der Waals surface area contributed by atoms with Gasteiger partial charge in [-0.05, 0) is 48.6 Å². The van der Waals surface area contributed by atoms with Crippen LogP contribution in [0.25, 0.3) is 0 Å². The molecule has 1 aromatic carbocycles. The van der Waals surface area contributed by atoms with Crippen LogP contribution in [0.5, 0.6) is 5.75 Å². The van der Waals surface area contributed by atoms with E-state index in [1.54, 1.807) is 42.7 Å². The molecule has 3 rings (SSSR count). The van der Waals surface area contributed by atoms with Crippen molar-refractivity contribution in [2.24, 2.45) is 0 Å². The van der Waals surface area contributed by atoms with Gasteiger partial charge in [0.15, 0.2) is 0 Å². The zero-order valence-electron chi connectivity index (χ0n) is 13.6. The Balaban J connectivity index is 1.86. The van der Waals surface area contributed by atoms with Gasteiger partial charge in [0.2, 0.25) is 10.0 Å². The Bertz CT molecular complexity index is 735. The summed E-state index contributed by atoms with van der Waals surface area (Å²) in [5.74, 6) is 0.637. The van der Waals surface area contributed by atoms with Crippen LogP contribution >= 0.6 is 11.3 Å². The average Bonchev–Trinajstić information content (AvgIpc) is 3.28. The van der Waals surface area contributed by atoms with Gasteiger partial charge in [0.05, 0.1) is 18.1 Å². The molecule has 0 bridgehead atoms. The van der Waals surface area contributed by atoms with Gasteiger partial charge in [-0.25, -0.2) is 8.42 Å². The van der Waals surface area contributed by atoms with Gasteiger partial charge in [-0.2, -0.15) is 4.31 Å². The first kappa shape index (κ1) is 17.4. The van der Waals surface area contributed by atoms with Crippen LogP contribution in [0.3, 0.4) is 0 Å². The highest BCUT2D eigenvalue weighted by atomic mass is 32.2. The first-order valence-corrected chi connectivity index (χ1v) is 10.2. The van der Waals surface area contributed by atoms with Crippen molar-refractivity contribution in [3.05, 3.63) is 46.7 Å². The third-order valence-electron chi connectivity index (χ3n) is 4.04. The standard InChI is InChI=1S/C17H21NO4S2/c1-21-14-6-8-17(9-7-14)24(19,20)18(12-15-4-2-10-22-15)13-16-5-3-11-23-16/h3,5-9,11,15H,2,4,10,12-13H2,1H3/t15-/m1/s1. The molecule has 5 nitrogen and oxygen atoms in total. The van der Waals surface area contributed by atoms with E-state index in [1.165, 1.54) is 4.31 Å². The summed E-state index contributed by atoms with van der Waals surface area (Å²) in [5.41, 5.74) is 0. The number of methoxy groups -OCH3 is 1. The largest absolute Gasteiger partial charge is 0.497 e. The Morgan fingerprint density at radius 3 is 2.67 bits per heavy atom. The minimum atomic E-state index is -3.59. The van der Waals surface area contributed by atoms with Gasteiger partial charge in [0.25, 0.3) is 0 Å². The minimum Gasteiger partial charge on any atom is -0.497 e. The smallest absolute Gasteiger partial charge is 0.243 e. The normalized spacial score (nSPS) is 18.2. The van der Waals surface area contributed by atoms with E-state index in [4.69, 9.17) is 9.47 Å². The topological polar surface area (TPSA) is 55.8 Å². The summed E-state index contributed by atoms with van der Waals surface area (Å²) >= 11 is 1.56. The quantitative estimate of drug-likeness (QED) is 0.754. The van der Waals surface area contributed by atoms with E-state index >= 15 is 0 Å². The fourth-order valence-electron chi connectivity index (χ4n) is 2.74. The van der Waals surface area contributed by atoms with Crippen molar-refractivity contribution >= 4 is 21.4 Å². The van der Waals surface area contributed by atoms with Crippen molar-refractivity contribution in [3.8, 4) is 5.75 Å². The lowest BCUT2D eigenvalue weighted by atomic mass is 10.2. The van der Waals surface area contributed by atoms with Crippen molar-refractivity contribution in [3.63, 3.8) is 0 Å². The number of hydrogen-bond donors (Lipinski definition) is 0. The molecule has 0 radical (unpaired) electrons. The molecule has 0 amide bonds. The SMILES string of the molecule is COc1ccc(S(=O)(=O)N(Cc2cccs2)C[C@H]2CCCO2)cc1. The van der Waals surface area contributed by atoms with Crippen LogP contribution < -0.4 is 4.74 Å². The van der Waals surface area contributed by atoms with E-state index in [2.05, 4.69) is 0 Å². The van der Waals surface area contributed by atoms with E-state index in [0.29, 0.717) is 25.4 Å². The number of ether oxygens (including phenoxy) is 2. The molecular formula is C17H21NO4S2. The Morgan fingerprint density at radius 1 is 1.29 bits per heavy atom.